The molecule has 0 fully saturated rings. The molecule has 0 bridgehead atoms. The third kappa shape index (κ3) is 3.29. The van der Waals surface area contributed by atoms with Gasteiger partial charge < -0.3 is 4.90 Å². The number of hydrogen-bond acceptors (Lipinski definition) is 4. The van der Waals surface area contributed by atoms with Gasteiger partial charge in [-0.2, -0.15) is 10.4 Å². The molecule has 0 saturated carbocycles. The van der Waals surface area contributed by atoms with E-state index < -0.39 is 5.56 Å². The van der Waals surface area contributed by atoms with Gasteiger partial charge in [-0.25, -0.2) is 4.68 Å². The molecule has 1 aromatic heterocycles. The van der Waals surface area contributed by atoms with Crippen molar-refractivity contribution < 1.29 is 4.79 Å². The maximum atomic E-state index is 12.5. The molecule has 2 rings (SSSR count). The number of aromatic nitrogens is 2. The van der Waals surface area contributed by atoms with Gasteiger partial charge >= 0.3 is 0 Å². The van der Waals surface area contributed by atoms with Gasteiger partial charge in [-0.1, -0.05) is 18.2 Å². The molecule has 118 valence electrons. The van der Waals surface area contributed by atoms with Crippen LogP contribution < -0.4 is 10.5 Å². The summed E-state index contributed by atoms with van der Waals surface area (Å²) >= 11 is 0. The van der Waals surface area contributed by atoms with Crippen LogP contribution >= 0.6 is 0 Å². The number of hydrogen-bond donors (Lipinski definition) is 0. The van der Waals surface area contributed by atoms with Crippen molar-refractivity contribution in [1.82, 2.24) is 9.78 Å². The molecule has 1 heterocycles. The van der Waals surface area contributed by atoms with Crippen LogP contribution in [-0.4, -0.2) is 22.2 Å². The number of aryl methyl sites for hydroxylation is 1. The lowest BCUT2D eigenvalue weighted by Crippen LogP contribution is -2.38. The van der Waals surface area contributed by atoms with E-state index >= 15 is 0 Å². The molecule has 23 heavy (non-hydrogen) atoms. The first kappa shape index (κ1) is 16.4. The molecule has 1 aromatic carbocycles. The van der Waals surface area contributed by atoms with Gasteiger partial charge in [-0.05, 0) is 38.5 Å². The Hall–Kier alpha value is -2.94. The van der Waals surface area contributed by atoms with Crippen molar-refractivity contribution in [2.75, 3.05) is 11.4 Å². The zero-order chi connectivity index (χ0) is 17.0. The average molecular weight is 310 g/mol. The lowest BCUT2D eigenvalue weighted by atomic mass is 10.1. The minimum Gasteiger partial charge on any atom is -0.311 e. The third-order valence-electron chi connectivity index (χ3n) is 3.72. The summed E-state index contributed by atoms with van der Waals surface area (Å²) in [4.78, 5) is 26.4. The van der Waals surface area contributed by atoms with E-state index in [0.717, 1.165) is 10.4 Å². The van der Waals surface area contributed by atoms with Gasteiger partial charge in [0, 0.05) is 12.2 Å². The lowest BCUT2D eigenvalue weighted by Gasteiger charge is -2.21. The van der Waals surface area contributed by atoms with Crippen LogP contribution in [0.4, 0.5) is 5.69 Å². The number of nitriles is 1. The summed E-state index contributed by atoms with van der Waals surface area (Å²) in [5.74, 6) is -0.250. The van der Waals surface area contributed by atoms with E-state index in [1.807, 2.05) is 43.3 Å². The fourth-order valence-corrected chi connectivity index (χ4v) is 2.34. The molecule has 0 spiro atoms. The highest BCUT2D eigenvalue weighted by molar-refractivity contribution is 5.93. The Morgan fingerprint density at radius 2 is 1.96 bits per heavy atom. The first-order valence-corrected chi connectivity index (χ1v) is 7.33. The number of para-hydroxylation sites is 1. The molecule has 0 unspecified atom stereocenters. The summed E-state index contributed by atoms with van der Waals surface area (Å²) in [7, 11) is 0. The average Bonchev–Trinajstić information content (AvgIpc) is 2.55. The van der Waals surface area contributed by atoms with Crippen LogP contribution in [0.5, 0.6) is 0 Å². The molecule has 2 aromatic rings. The van der Waals surface area contributed by atoms with Crippen LogP contribution in [0.3, 0.4) is 0 Å². The minimum atomic E-state index is -0.534. The second-order valence-corrected chi connectivity index (χ2v) is 5.13. The number of anilines is 1. The van der Waals surface area contributed by atoms with E-state index in [1.165, 1.54) is 0 Å². The number of amides is 1. The van der Waals surface area contributed by atoms with Crippen molar-refractivity contribution in [2.45, 2.75) is 27.3 Å². The number of rotatable bonds is 4. The fourth-order valence-electron chi connectivity index (χ4n) is 2.34. The lowest BCUT2D eigenvalue weighted by molar-refractivity contribution is -0.119. The Labute approximate surface area is 134 Å². The first-order chi connectivity index (χ1) is 11.0. The van der Waals surface area contributed by atoms with Gasteiger partial charge in [0.05, 0.1) is 5.69 Å². The van der Waals surface area contributed by atoms with E-state index in [1.54, 1.807) is 18.7 Å². The van der Waals surface area contributed by atoms with E-state index in [0.29, 0.717) is 17.8 Å². The smallest absolute Gasteiger partial charge is 0.285 e. The molecule has 0 radical (unpaired) electrons. The highest BCUT2D eigenvalue weighted by Crippen LogP contribution is 2.13. The van der Waals surface area contributed by atoms with Gasteiger partial charge in [0.25, 0.3) is 5.56 Å². The molecular formula is C17H18N4O2. The number of nitrogens with zero attached hydrogens (tertiary/aromatic N) is 4. The first-order valence-electron chi connectivity index (χ1n) is 7.33. The second kappa shape index (κ2) is 6.88. The topological polar surface area (TPSA) is 79.0 Å². The van der Waals surface area contributed by atoms with Crippen molar-refractivity contribution in [2.24, 2.45) is 0 Å². The summed E-state index contributed by atoms with van der Waals surface area (Å²) in [6.07, 6.45) is 0. The van der Waals surface area contributed by atoms with E-state index in [9.17, 15) is 9.59 Å². The van der Waals surface area contributed by atoms with Crippen LogP contribution in [0, 0.1) is 25.2 Å². The van der Waals surface area contributed by atoms with E-state index in [2.05, 4.69) is 5.10 Å². The van der Waals surface area contributed by atoms with E-state index in [-0.39, 0.29) is 18.0 Å². The maximum Gasteiger partial charge on any atom is 0.285 e. The Kier molecular flexibility index (Phi) is 4.91. The standard InChI is InChI=1S/C17H18N4O2/c1-4-20(14-8-6-5-7-9-14)16(22)11-21-17(23)15(10-18)12(2)13(3)19-21/h5-9H,4,11H2,1-3H3. The summed E-state index contributed by atoms with van der Waals surface area (Å²) in [6.45, 7) is 5.54. The summed E-state index contributed by atoms with van der Waals surface area (Å²) < 4.78 is 1.06. The molecule has 6 heteroatoms. The van der Waals surface area contributed by atoms with Crippen LogP contribution in [0.2, 0.25) is 0 Å². The van der Waals surface area contributed by atoms with Gasteiger partial charge in [-0.15, -0.1) is 0 Å². The fraction of sp³-hybridized carbons (Fsp3) is 0.294. The van der Waals surface area contributed by atoms with Gasteiger partial charge in [0.2, 0.25) is 5.91 Å². The maximum absolute atomic E-state index is 12.5. The monoisotopic (exact) mass is 310 g/mol. The molecule has 0 aliphatic rings. The van der Waals surface area contributed by atoms with Gasteiger partial charge in [-0.3, -0.25) is 9.59 Å². The molecule has 0 atom stereocenters. The third-order valence-corrected chi connectivity index (χ3v) is 3.72. The molecule has 6 nitrogen and oxygen atoms in total. The van der Waals surface area contributed by atoms with Crippen molar-refractivity contribution in [3.63, 3.8) is 0 Å². The second-order valence-electron chi connectivity index (χ2n) is 5.13. The SMILES string of the molecule is CCN(C(=O)Cn1nc(C)c(C)c(C#N)c1=O)c1ccccc1. The predicted molar refractivity (Wildman–Crippen MR) is 87.2 cm³/mol. The Morgan fingerprint density at radius 3 is 2.52 bits per heavy atom. The predicted octanol–water partition coefficient (Wildman–Crippen LogP) is 1.78. The van der Waals surface area contributed by atoms with E-state index in [4.69, 9.17) is 5.26 Å². The molecular weight excluding hydrogens is 292 g/mol. The van der Waals surface area contributed by atoms with Gasteiger partial charge in [0.1, 0.15) is 18.2 Å². The molecule has 0 aliphatic carbocycles. The van der Waals surface area contributed by atoms with Crippen molar-refractivity contribution in [1.29, 1.82) is 5.26 Å². The van der Waals surface area contributed by atoms with Crippen LogP contribution in [-0.2, 0) is 11.3 Å². The number of carbonyl (C=O) groups excluding carboxylic acids is 1. The Balaban J connectivity index is 2.36. The minimum absolute atomic E-state index is 0.0352. The number of carbonyl (C=O) groups is 1. The highest BCUT2D eigenvalue weighted by Gasteiger charge is 2.18. The summed E-state index contributed by atoms with van der Waals surface area (Å²) in [6, 6.07) is 11.1. The molecule has 0 N–H and O–H groups in total. The Morgan fingerprint density at radius 1 is 1.30 bits per heavy atom. The van der Waals surface area contributed by atoms with Gasteiger partial charge in [0.15, 0.2) is 0 Å². The Bertz CT molecular complexity index is 819. The molecule has 0 saturated heterocycles. The zero-order valence-electron chi connectivity index (χ0n) is 13.4. The normalized spacial score (nSPS) is 10.2. The van der Waals surface area contributed by atoms with Crippen LogP contribution in [0.25, 0.3) is 0 Å². The largest absolute Gasteiger partial charge is 0.311 e. The van der Waals surface area contributed by atoms with Crippen molar-refractivity contribution >= 4 is 11.6 Å². The quantitative estimate of drug-likeness (QED) is 0.862. The number of likely N-dealkylation sites (N-methyl/N-ethyl adjacent to an activating group) is 1. The summed E-state index contributed by atoms with van der Waals surface area (Å²) in [5.41, 5.74) is 1.38. The van der Waals surface area contributed by atoms with Crippen molar-refractivity contribution in [3.05, 3.63) is 57.5 Å². The highest BCUT2D eigenvalue weighted by atomic mass is 16.2. The summed E-state index contributed by atoms with van der Waals surface area (Å²) in [5, 5.41) is 13.3. The molecule has 0 aliphatic heterocycles. The van der Waals surface area contributed by atoms with Crippen LogP contribution in [0.1, 0.15) is 23.7 Å². The molecule has 1 amide bonds. The number of benzene rings is 1. The van der Waals surface area contributed by atoms with Crippen molar-refractivity contribution in [3.8, 4) is 6.07 Å². The zero-order valence-corrected chi connectivity index (χ0v) is 13.4. The van der Waals surface area contributed by atoms with Crippen LogP contribution in [0.15, 0.2) is 35.1 Å².